The van der Waals surface area contributed by atoms with Gasteiger partial charge in [-0.1, -0.05) is 12.1 Å². The molecule has 1 saturated heterocycles. The minimum Gasteiger partial charge on any atom is -0.379 e. The van der Waals surface area contributed by atoms with E-state index in [4.69, 9.17) is 4.74 Å². The second kappa shape index (κ2) is 6.33. The quantitative estimate of drug-likeness (QED) is 0.866. The van der Waals surface area contributed by atoms with E-state index in [-0.39, 0.29) is 17.4 Å². The molecule has 1 aromatic carbocycles. The lowest BCUT2D eigenvalue weighted by atomic mass is 10.0. The van der Waals surface area contributed by atoms with Crippen LogP contribution in [0.5, 0.6) is 0 Å². The zero-order valence-electron chi connectivity index (χ0n) is 13.7. The fourth-order valence-electron chi connectivity index (χ4n) is 2.85. The molecule has 1 aliphatic heterocycles. The molecule has 6 nitrogen and oxygen atoms in total. The van der Waals surface area contributed by atoms with Gasteiger partial charge in [-0.3, -0.25) is 4.90 Å². The summed E-state index contributed by atoms with van der Waals surface area (Å²) in [5.74, 6) is 0.524. The SMILES string of the molecule is CC(C)(C)n1nnnc1[C@H](c1ccc(F)cc1)N1CCOCC1. The van der Waals surface area contributed by atoms with Gasteiger partial charge in [0.2, 0.25) is 0 Å². The van der Waals surface area contributed by atoms with E-state index >= 15 is 0 Å². The van der Waals surface area contributed by atoms with Crippen molar-refractivity contribution >= 4 is 0 Å². The summed E-state index contributed by atoms with van der Waals surface area (Å²) in [4.78, 5) is 2.28. The van der Waals surface area contributed by atoms with Crippen LogP contribution >= 0.6 is 0 Å². The van der Waals surface area contributed by atoms with E-state index in [2.05, 4.69) is 41.2 Å². The van der Waals surface area contributed by atoms with Crippen LogP contribution in [0.2, 0.25) is 0 Å². The molecule has 124 valence electrons. The first-order valence-electron chi connectivity index (χ1n) is 7.83. The van der Waals surface area contributed by atoms with Gasteiger partial charge in [0.15, 0.2) is 5.82 Å². The van der Waals surface area contributed by atoms with E-state index in [1.165, 1.54) is 12.1 Å². The van der Waals surface area contributed by atoms with Crippen molar-refractivity contribution in [1.29, 1.82) is 0 Å². The first kappa shape index (κ1) is 16.0. The van der Waals surface area contributed by atoms with Crippen LogP contribution in [0.25, 0.3) is 0 Å². The average Bonchev–Trinajstić information content (AvgIpc) is 3.00. The van der Waals surface area contributed by atoms with Crippen molar-refractivity contribution in [3.05, 3.63) is 41.5 Å². The Labute approximate surface area is 135 Å². The Bertz CT molecular complexity index is 643. The number of halogens is 1. The Kier molecular flexibility index (Phi) is 4.41. The molecule has 7 heteroatoms. The maximum absolute atomic E-state index is 13.3. The molecule has 23 heavy (non-hydrogen) atoms. The van der Waals surface area contributed by atoms with Crippen molar-refractivity contribution in [2.75, 3.05) is 26.3 Å². The highest BCUT2D eigenvalue weighted by atomic mass is 19.1. The molecule has 3 rings (SSSR count). The minimum absolute atomic E-state index is 0.117. The van der Waals surface area contributed by atoms with Crippen LogP contribution in [-0.4, -0.2) is 51.4 Å². The molecule has 1 aliphatic rings. The van der Waals surface area contributed by atoms with Gasteiger partial charge < -0.3 is 4.74 Å². The van der Waals surface area contributed by atoms with Crippen LogP contribution in [-0.2, 0) is 10.3 Å². The summed E-state index contributed by atoms with van der Waals surface area (Å²) in [6.45, 7) is 9.12. The molecule has 0 saturated carbocycles. The second-order valence-electron chi connectivity index (χ2n) is 6.72. The van der Waals surface area contributed by atoms with E-state index in [0.29, 0.717) is 13.2 Å². The summed E-state index contributed by atoms with van der Waals surface area (Å²) in [5.41, 5.74) is 0.747. The van der Waals surface area contributed by atoms with Gasteiger partial charge in [0.1, 0.15) is 5.82 Å². The van der Waals surface area contributed by atoms with Crippen molar-refractivity contribution in [1.82, 2.24) is 25.1 Å². The minimum atomic E-state index is -0.245. The third-order valence-corrected chi connectivity index (χ3v) is 3.97. The molecule has 2 heterocycles. The second-order valence-corrected chi connectivity index (χ2v) is 6.72. The summed E-state index contributed by atoms with van der Waals surface area (Å²) in [5, 5.41) is 12.3. The van der Waals surface area contributed by atoms with E-state index in [1.807, 2.05) is 4.68 Å². The lowest BCUT2D eigenvalue weighted by Crippen LogP contribution is -2.41. The number of aromatic nitrogens is 4. The number of benzene rings is 1. The zero-order chi connectivity index (χ0) is 16.4. The predicted octanol–water partition coefficient (Wildman–Crippen LogP) is 1.99. The predicted molar refractivity (Wildman–Crippen MR) is 83.4 cm³/mol. The summed E-state index contributed by atoms with van der Waals surface area (Å²) >= 11 is 0. The van der Waals surface area contributed by atoms with E-state index in [9.17, 15) is 4.39 Å². The van der Waals surface area contributed by atoms with Gasteiger partial charge in [-0.2, -0.15) is 0 Å². The summed E-state index contributed by atoms with van der Waals surface area (Å²) in [6.07, 6.45) is 0. The Morgan fingerprint density at radius 3 is 2.39 bits per heavy atom. The van der Waals surface area contributed by atoms with Gasteiger partial charge in [-0.25, -0.2) is 9.07 Å². The van der Waals surface area contributed by atoms with Crippen LogP contribution in [0, 0.1) is 5.82 Å². The Morgan fingerprint density at radius 1 is 1.13 bits per heavy atom. The molecule has 0 N–H and O–H groups in total. The van der Waals surface area contributed by atoms with Crippen LogP contribution in [0.3, 0.4) is 0 Å². The standard InChI is InChI=1S/C16H22FN5O/c1-16(2,3)22-15(18-19-20-22)14(21-8-10-23-11-9-21)12-4-6-13(17)7-5-12/h4-7,14H,8-11H2,1-3H3/t14-/m0/s1. The van der Waals surface area contributed by atoms with Crippen LogP contribution in [0.15, 0.2) is 24.3 Å². The molecule has 1 fully saturated rings. The fraction of sp³-hybridized carbons (Fsp3) is 0.562. The van der Waals surface area contributed by atoms with Gasteiger partial charge in [0.25, 0.3) is 0 Å². The Hall–Kier alpha value is -1.86. The van der Waals surface area contributed by atoms with Crippen LogP contribution in [0.4, 0.5) is 4.39 Å². The Morgan fingerprint density at radius 2 is 1.78 bits per heavy atom. The van der Waals surface area contributed by atoms with Crippen molar-refractivity contribution < 1.29 is 9.13 Å². The highest BCUT2D eigenvalue weighted by molar-refractivity contribution is 5.25. The number of morpholine rings is 1. The largest absolute Gasteiger partial charge is 0.379 e. The molecule has 0 unspecified atom stereocenters. The maximum Gasteiger partial charge on any atom is 0.173 e. The normalized spacial score (nSPS) is 18.1. The smallest absolute Gasteiger partial charge is 0.173 e. The van der Waals surface area contributed by atoms with Crippen molar-refractivity contribution in [2.45, 2.75) is 32.4 Å². The molecule has 0 radical (unpaired) electrons. The number of tetrazole rings is 1. The highest BCUT2D eigenvalue weighted by Crippen LogP contribution is 2.30. The number of rotatable bonds is 3. The van der Waals surface area contributed by atoms with E-state index in [1.54, 1.807) is 12.1 Å². The lowest BCUT2D eigenvalue weighted by molar-refractivity contribution is 0.0208. The first-order chi connectivity index (χ1) is 11.0. The summed E-state index contributed by atoms with van der Waals surface area (Å²) < 4.78 is 20.6. The van der Waals surface area contributed by atoms with Crippen LogP contribution < -0.4 is 0 Å². The number of hydrogen-bond donors (Lipinski definition) is 0. The molecule has 0 amide bonds. The van der Waals surface area contributed by atoms with Crippen molar-refractivity contribution in [3.8, 4) is 0 Å². The molecular weight excluding hydrogens is 297 g/mol. The number of ether oxygens (including phenoxy) is 1. The average molecular weight is 319 g/mol. The molecule has 1 atom stereocenters. The van der Waals surface area contributed by atoms with Gasteiger partial charge >= 0.3 is 0 Å². The van der Waals surface area contributed by atoms with Crippen molar-refractivity contribution in [3.63, 3.8) is 0 Å². The third kappa shape index (κ3) is 3.40. The van der Waals surface area contributed by atoms with Gasteiger partial charge in [0, 0.05) is 13.1 Å². The monoisotopic (exact) mass is 319 g/mol. The molecule has 0 aliphatic carbocycles. The van der Waals surface area contributed by atoms with E-state index in [0.717, 1.165) is 24.5 Å². The summed E-state index contributed by atoms with van der Waals surface area (Å²) in [7, 11) is 0. The molecule has 1 aromatic heterocycles. The third-order valence-electron chi connectivity index (χ3n) is 3.97. The van der Waals surface area contributed by atoms with Gasteiger partial charge in [-0.05, 0) is 48.9 Å². The Balaban J connectivity index is 2.05. The van der Waals surface area contributed by atoms with Crippen LogP contribution in [0.1, 0.15) is 38.2 Å². The fourth-order valence-corrected chi connectivity index (χ4v) is 2.85. The van der Waals surface area contributed by atoms with Gasteiger partial charge in [0.05, 0.1) is 24.8 Å². The molecule has 0 bridgehead atoms. The highest BCUT2D eigenvalue weighted by Gasteiger charge is 2.32. The topological polar surface area (TPSA) is 56.1 Å². The van der Waals surface area contributed by atoms with Crippen molar-refractivity contribution in [2.24, 2.45) is 0 Å². The first-order valence-corrected chi connectivity index (χ1v) is 7.83. The summed E-state index contributed by atoms with van der Waals surface area (Å²) in [6, 6.07) is 6.45. The van der Waals surface area contributed by atoms with Gasteiger partial charge in [-0.15, -0.1) is 5.10 Å². The molecule has 2 aromatic rings. The zero-order valence-corrected chi connectivity index (χ0v) is 13.7. The number of hydrogen-bond acceptors (Lipinski definition) is 5. The molecule has 0 spiro atoms. The van der Waals surface area contributed by atoms with E-state index < -0.39 is 0 Å². The maximum atomic E-state index is 13.3. The molecular formula is C16H22FN5O. The number of nitrogens with zero attached hydrogens (tertiary/aromatic N) is 5. The lowest BCUT2D eigenvalue weighted by Gasteiger charge is -2.35.